The number of ether oxygens (including phenoxy) is 5. The molecule has 43 heavy (non-hydrogen) atoms. The largest absolute Gasteiger partial charge is 0.496 e. The van der Waals surface area contributed by atoms with Crippen LogP contribution in [0.5, 0.6) is 28.7 Å². The monoisotopic (exact) mass is 586 g/mol. The van der Waals surface area contributed by atoms with Gasteiger partial charge in [0.05, 0.1) is 25.5 Å². The molecule has 0 bridgehead atoms. The Labute approximate surface area is 247 Å². The molecule has 2 N–H and O–H groups in total. The molecular weight excluding hydrogens is 556 g/mol. The first kappa shape index (κ1) is 29.1. The van der Waals surface area contributed by atoms with E-state index in [0.717, 1.165) is 0 Å². The molecular formula is C32H30N2O9. The summed E-state index contributed by atoms with van der Waals surface area (Å²) in [6, 6.07) is 15.3. The van der Waals surface area contributed by atoms with Crippen LogP contribution < -0.4 is 23.7 Å². The molecule has 2 heterocycles. The number of aromatic carboxylic acids is 1. The summed E-state index contributed by atoms with van der Waals surface area (Å²) < 4.78 is 29.6. The van der Waals surface area contributed by atoms with Crippen LogP contribution in [0.4, 0.5) is 0 Å². The van der Waals surface area contributed by atoms with Gasteiger partial charge in [0.2, 0.25) is 6.79 Å². The third-order valence-corrected chi connectivity index (χ3v) is 6.94. The van der Waals surface area contributed by atoms with Gasteiger partial charge in [-0.1, -0.05) is 18.2 Å². The molecule has 1 aliphatic heterocycles. The van der Waals surface area contributed by atoms with Crippen molar-refractivity contribution >= 4 is 18.0 Å². The van der Waals surface area contributed by atoms with E-state index in [4.69, 9.17) is 28.8 Å². The van der Waals surface area contributed by atoms with Gasteiger partial charge >= 0.3 is 11.9 Å². The number of carbonyl (C=O) groups is 2. The summed E-state index contributed by atoms with van der Waals surface area (Å²) in [5.74, 6) is 0.241. The Morgan fingerprint density at radius 1 is 0.953 bits per heavy atom. The number of rotatable bonds is 12. The fourth-order valence-corrected chi connectivity index (χ4v) is 4.75. The first-order valence-corrected chi connectivity index (χ1v) is 13.4. The van der Waals surface area contributed by atoms with Crippen LogP contribution in [0.1, 0.15) is 34.0 Å². The van der Waals surface area contributed by atoms with Crippen LogP contribution in [-0.4, -0.2) is 52.9 Å². The quantitative estimate of drug-likeness (QED) is 0.210. The molecule has 0 radical (unpaired) electrons. The molecule has 0 spiro atoms. The third-order valence-electron chi connectivity index (χ3n) is 6.94. The van der Waals surface area contributed by atoms with Gasteiger partial charge in [0.25, 0.3) is 0 Å². The van der Waals surface area contributed by atoms with E-state index in [0.29, 0.717) is 63.2 Å². The van der Waals surface area contributed by atoms with Crippen LogP contribution in [0.3, 0.4) is 0 Å². The molecule has 3 aromatic carbocycles. The number of aryl methyl sites for hydroxylation is 1. The summed E-state index contributed by atoms with van der Waals surface area (Å²) in [6.07, 6.45) is 3.43. The number of aliphatic carboxylic acids is 1. The summed E-state index contributed by atoms with van der Waals surface area (Å²) in [6.45, 7) is 2.58. The van der Waals surface area contributed by atoms with Crippen LogP contribution in [0.2, 0.25) is 0 Å². The normalized spacial score (nSPS) is 12.2. The maximum absolute atomic E-state index is 12.4. The van der Waals surface area contributed by atoms with E-state index in [1.165, 1.54) is 20.3 Å². The molecule has 1 aliphatic rings. The minimum atomic E-state index is -1.09. The molecule has 1 aromatic heterocycles. The highest BCUT2D eigenvalue weighted by molar-refractivity contribution is 5.94. The lowest BCUT2D eigenvalue weighted by Gasteiger charge is -2.13. The number of benzene rings is 3. The molecule has 5 rings (SSSR count). The van der Waals surface area contributed by atoms with Crippen molar-refractivity contribution in [3.63, 3.8) is 0 Å². The predicted octanol–water partition coefficient (Wildman–Crippen LogP) is 5.30. The number of carboxylic acid groups (broad SMARTS) is 2. The summed E-state index contributed by atoms with van der Waals surface area (Å²) in [5.41, 5.74) is 3.18. The Kier molecular flexibility index (Phi) is 8.51. The molecule has 0 atom stereocenters. The summed E-state index contributed by atoms with van der Waals surface area (Å²) >= 11 is 0. The average molecular weight is 587 g/mol. The van der Waals surface area contributed by atoms with Gasteiger partial charge in [0.15, 0.2) is 23.0 Å². The van der Waals surface area contributed by atoms with E-state index in [2.05, 4.69) is 0 Å². The van der Waals surface area contributed by atoms with Gasteiger partial charge in [0, 0.05) is 53.1 Å². The van der Waals surface area contributed by atoms with E-state index >= 15 is 0 Å². The summed E-state index contributed by atoms with van der Waals surface area (Å²) in [7, 11) is 3.02. The first-order chi connectivity index (χ1) is 20.8. The highest BCUT2D eigenvalue weighted by atomic mass is 16.7. The number of nitrogens with zero attached hydrogens (tertiary/aromatic N) is 2. The van der Waals surface area contributed by atoms with Gasteiger partial charge in [0.1, 0.15) is 12.4 Å². The second-order valence-electron chi connectivity index (χ2n) is 9.57. The number of hydrogen-bond donors (Lipinski definition) is 2. The Hall–Kier alpha value is -5.45. The summed E-state index contributed by atoms with van der Waals surface area (Å²) in [4.78, 5) is 24.1. The molecule has 0 fully saturated rings. The molecule has 222 valence electrons. The maximum atomic E-state index is 12.4. The SMILES string of the molecule is CCn1cc(/C=C(\Cc2cc3c(cc2OC)OCO3)C(=O)O)c(-c2ccc(OC)c(OCc3ccccc3C(=O)O)c2)n1. The van der Waals surface area contributed by atoms with Crippen molar-refractivity contribution < 1.29 is 43.5 Å². The van der Waals surface area contributed by atoms with Gasteiger partial charge in [-0.25, -0.2) is 9.59 Å². The number of fused-ring (bicyclic) bond motifs is 1. The summed E-state index contributed by atoms with van der Waals surface area (Å²) in [5, 5.41) is 24.4. The van der Waals surface area contributed by atoms with Crippen molar-refractivity contribution in [2.24, 2.45) is 0 Å². The second kappa shape index (κ2) is 12.6. The zero-order valence-electron chi connectivity index (χ0n) is 23.8. The smallest absolute Gasteiger partial charge is 0.336 e. The van der Waals surface area contributed by atoms with E-state index in [9.17, 15) is 19.8 Å². The lowest BCUT2D eigenvalue weighted by atomic mass is 10.00. The molecule has 0 unspecified atom stereocenters. The fourth-order valence-electron chi connectivity index (χ4n) is 4.75. The van der Waals surface area contributed by atoms with E-state index in [1.807, 2.05) is 6.92 Å². The van der Waals surface area contributed by atoms with Crippen molar-refractivity contribution in [1.29, 1.82) is 0 Å². The first-order valence-electron chi connectivity index (χ1n) is 13.4. The van der Waals surface area contributed by atoms with E-state index < -0.39 is 11.9 Å². The molecule has 0 saturated carbocycles. The maximum Gasteiger partial charge on any atom is 0.336 e. The minimum Gasteiger partial charge on any atom is -0.496 e. The number of hydrogen-bond acceptors (Lipinski definition) is 8. The van der Waals surface area contributed by atoms with E-state index in [1.54, 1.807) is 65.5 Å². The lowest BCUT2D eigenvalue weighted by Crippen LogP contribution is -2.06. The highest BCUT2D eigenvalue weighted by Crippen LogP contribution is 2.39. The number of aromatic nitrogens is 2. The van der Waals surface area contributed by atoms with Gasteiger partial charge in [-0.2, -0.15) is 5.10 Å². The van der Waals surface area contributed by atoms with Gasteiger partial charge < -0.3 is 33.9 Å². The average Bonchev–Trinajstić information content (AvgIpc) is 3.65. The minimum absolute atomic E-state index is 0.00102. The second-order valence-corrected chi connectivity index (χ2v) is 9.57. The third kappa shape index (κ3) is 6.25. The fraction of sp³-hybridized carbons (Fsp3) is 0.219. The van der Waals surface area contributed by atoms with Gasteiger partial charge in [-0.15, -0.1) is 0 Å². The predicted molar refractivity (Wildman–Crippen MR) is 156 cm³/mol. The number of methoxy groups -OCH3 is 2. The van der Waals surface area contributed by atoms with Crippen molar-refractivity contribution in [3.05, 3.63) is 88.6 Å². The zero-order valence-corrected chi connectivity index (χ0v) is 23.8. The van der Waals surface area contributed by atoms with E-state index in [-0.39, 0.29) is 31.0 Å². The Bertz CT molecular complexity index is 1710. The van der Waals surface area contributed by atoms with Crippen LogP contribution in [0, 0.1) is 0 Å². The van der Waals surface area contributed by atoms with Crippen LogP contribution in [-0.2, 0) is 24.4 Å². The van der Waals surface area contributed by atoms with Gasteiger partial charge in [-0.05, 0) is 43.3 Å². The molecule has 0 amide bonds. The van der Waals surface area contributed by atoms with Crippen LogP contribution in [0.15, 0.2) is 66.4 Å². The lowest BCUT2D eigenvalue weighted by molar-refractivity contribution is -0.132. The Morgan fingerprint density at radius 2 is 1.70 bits per heavy atom. The molecule has 4 aromatic rings. The molecule has 11 heteroatoms. The Morgan fingerprint density at radius 3 is 2.40 bits per heavy atom. The van der Waals surface area contributed by atoms with Crippen molar-refractivity contribution in [3.8, 4) is 40.0 Å². The standard InChI is InChI=1S/C32H30N2O9/c1-4-34-16-23(12-22(31(35)36)11-21-14-28-29(43-18-42-28)15-26(21)40-3)30(33-34)19-9-10-25(39-2)27(13-19)41-17-20-7-5-6-8-24(20)32(37)38/h5-10,12-16H,4,11,17-18H2,1-3H3,(H,35,36)(H,37,38)/b22-12+. The van der Waals surface area contributed by atoms with Crippen molar-refractivity contribution in [2.75, 3.05) is 21.0 Å². The number of carboxylic acids is 2. The van der Waals surface area contributed by atoms with Gasteiger partial charge in [-0.3, -0.25) is 4.68 Å². The molecule has 0 aliphatic carbocycles. The van der Waals surface area contributed by atoms with Crippen molar-refractivity contribution in [1.82, 2.24) is 9.78 Å². The highest BCUT2D eigenvalue weighted by Gasteiger charge is 2.22. The Balaban J connectivity index is 1.50. The zero-order chi connectivity index (χ0) is 30.5. The molecule has 0 saturated heterocycles. The molecule has 11 nitrogen and oxygen atoms in total. The van der Waals surface area contributed by atoms with Crippen LogP contribution in [0.25, 0.3) is 17.3 Å². The topological polar surface area (TPSA) is 139 Å². The van der Waals surface area contributed by atoms with Crippen LogP contribution >= 0.6 is 0 Å². The van der Waals surface area contributed by atoms with Crippen molar-refractivity contribution in [2.45, 2.75) is 26.5 Å².